The first kappa shape index (κ1) is 16.5. The summed E-state index contributed by atoms with van der Waals surface area (Å²) in [6.07, 6.45) is 9.27. The molecule has 0 amide bonds. The Hall–Kier alpha value is -1.86. The molecule has 0 saturated carbocycles. The summed E-state index contributed by atoms with van der Waals surface area (Å²) in [7, 11) is 0. The molecule has 22 heavy (non-hydrogen) atoms. The zero-order valence-electron chi connectivity index (χ0n) is 13.4. The first-order valence-corrected chi connectivity index (χ1v) is 8.25. The van der Waals surface area contributed by atoms with E-state index in [4.69, 9.17) is 4.74 Å². The third-order valence-corrected chi connectivity index (χ3v) is 3.72. The van der Waals surface area contributed by atoms with Crippen molar-refractivity contribution in [3.8, 4) is 0 Å². The van der Waals surface area contributed by atoms with Crippen LogP contribution in [0.2, 0.25) is 0 Å². The van der Waals surface area contributed by atoms with E-state index in [0.29, 0.717) is 12.7 Å². The van der Waals surface area contributed by atoms with Crippen molar-refractivity contribution in [3.63, 3.8) is 0 Å². The molecule has 1 heteroatoms. The van der Waals surface area contributed by atoms with E-state index in [-0.39, 0.29) is 0 Å². The highest BCUT2D eigenvalue weighted by atomic mass is 16.5. The van der Waals surface area contributed by atoms with Gasteiger partial charge in [-0.05, 0) is 24.0 Å². The lowest BCUT2D eigenvalue weighted by Crippen LogP contribution is -2.12. The Bertz CT molecular complexity index is 530. The molecular weight excluding hydrogens is 268 g/mol. The fraction of sp³-hybridized carbons (Fsp3) is 0.333. The highest BCUT2D eigenvalue weighted by molar-refractivity contribution is 5.48. The number of ether oxygens (including phenoxy) is 1. The van der Waals surface area contributed by atoms with Gasteiger partial charge in [0.15, 0.2) is 0 Å². The smallest absolute Gasteiger partial charge is 0.0720 e. The van der Waals surface area contributed by atoms with E-state index in [1.54, 1.807) is 0 Å². The van der Waals surface area contributed by atoms with Crippen LogP contribution in [0.3, 0.4) is 0 Å². The lowest BCUT2D eigenvalue weighted by atomic mass is 10.1. The summed E-state index contributed by atoms with van der Waals surface area (Å²) in [5, 5.41) is 0. The summed E-state index contributed by atoms with van der Waals surface area (Å²) in [6.45, 7) is 2.93. The van der Waals surface area contributed by atoms with Crippen molar-refractivity contribution in [1.29, 1.82) is 0 Å². The van der Waals surface area contributed by atoms with Gasteiger partial charge in [-0.25, -0.2) is 0 Å². The van der Waals surface area contributed by atoms with Gasteiger partial charge in [-0.2, -0.15) is 0 Å². The third kappa shape index (κ3) is 6.28. The minimum atomic E-state index is 0.306. The lowest BCUT2D eigenvalue weighted by Gasteiger charge is -2.16. The highest BCUT2D eigenvalue weighted by Crippen LogP contribution is 2.14. The predicted molar refractivity (Wildman–Crippen MR) is 94.6 cm³/mol. The number of benzene rings is 2. The van der Waals surface area contributed by atoms with Crippen molar-refractivity contribution < 1.29 is 4.74 Å². The second-order valence-corrected chi connectivity index (χ2v) is 5.61. The number of rotatable bonds is 9. The Kier molecular flexibility index (Phi) is 7.48. The monoisotopic (exact) mass is 294 g/mol. The molecule has 0 N–H and O–H groups in total. The summed E-state index contributed by atoms with van der Waals surface area (Å²) in [5.74, 6) is 0. The maximum absolute atomic E-state index is 6.12. The SMILES string of the molecule is CCCC[C@H](C/C=C/c1ccccc1)OCc1ccccc1. The summed E-state index contributed by atoms with van der Waals surface area (Å²) in [5.41, 5.74) is 2.50. The van der Waals surface area contributed by atoms with Gasteiger partial charge in [-0.1, -0.05) is 92.6 Å². The Morgan fingerprint density at radius 2 is 1.64 bits per heavy atom. The Labute approximate surface area is 134 Å². The van der Waals surface area contributed by atoms with E-state index >= 15 is 0 Å². The van der Waals surface area contributed by atoms with Crippen LogP contribution in [0.4, 0.5) is 0 Å². The van der Waals surface area contributed by atoms with E-state index in [2.05, 4.69) is 67.6 Å². The maximum Gasteiger partial charge on any atom is 0.0720 e. The molecule has 1 atom stereocenters. The first-order chi connectivity index (χ1) is 10.9. The van der Waals surface area contributed by atoms with Crippen molar-refractivity contribution >= 4 is 6.08 Å². The summed E-state index contributed by atoms with van der Waals surface area (Å²) >= 11 is 0. The van der Waals surface area contributed by atoms with Crippen LogP contribution in [0.25, 0.3) is 6.08 Å². The van der Waals surface area contributed by atoms with Gasteiger partial charge in [0.25, 0.3) is 0 Å². The standard InChI is InChI=1S/C21H26O/c1-2-3-16-21(22-18-20-13-8-5-9-14-20)17-10-15-19-11-6-4-7-12-19/h4-15,21H,2-3,16-18H2,1H3/b15-10+/t21-/m1/s1. The molecule has 0 saturated heterocycles. The zero-order chi connectivity index (χ0) is 15.5. The fourth-order valence-electron chi connectivity index (χ4n) is 2.41. The van der Waals surface area contributed by atoms with Crippen molar-refractivity contribution in [2.45, 2.75) is 45.3 Å². The van der Waals surface area contributed by atoms with Crippen LogP contribution in [0, 0.1) is 0 Å². The van der Waals surface area contributed by atoms with E-state index in [0.717, 1.165) is 12.8 Å². The van der Waals surface area contributed by atoms with Crippen molar-refractivity contribution in [1.82, 2.24) is 0 Å². The molecule has 2 rings (SSSR count). The van der Waals surface area contributed by atoms with Gasteiger partial charge in [0.2, 0.25) is 0 Å². The Morgan fingerprint density at radius 3 is 2.32 bits per heavy atom. The molecule has 0 bridgehead atoms. The summed E-state index contributed by atoms with van der Waals surface area (Å²) in [6, 6.07) is 20.9. The van der Waals surface area contributed by atoms with E-state index in [1.807, 2.05) is 12.1 Å². The predicted octanol–water partition coefficient (Wildman–Crippen LogP) is 5.87. The van der Waals surface area contributed by atoms with Crippen LogP contribution in [0.15, 0.2) is 66.7 Å². The van der Waals surface area contributed by atoms with E-state index in [9.17, 15) is 0 Å². The summed E-state index contributed by atoms with van der Waals surface area (Å²) in [4.78, 5) is 0. The molecule has 0 radical (unpaired) electrons. The zero-order valence-corrected chi connectivity index (χ0v) is 13.4. The van der Waals surface area contributed by atoms with Crippen molar-refractivity contribution in [2.24, 2.45) is 0 Å². The molecule has 0 aliphatic heterocycles. The minimum Gasteiger partial charge on any atom is -0.373 e. The van der Waals surface area contributed by atoms with Crippen LogP contribution < -0.4 is 0 Å². The van der Waals surface area contributed by atoms with Gasteiger partial charge in [-0.3, -0.25) is 0 Å². The molecule has 2 aromatic carbocycles. The van der Waals surface area contributed by atoms with Gasteiger partial charge in [-0.15, -0.1) is 0 Å². The second-order valence-electron chi connectivity index (χ2n) is 5.61. The number of hydrogen-bond donors (Lipinski definition) is 0. The second kappa shape index (κ2) is 9.97. The summed E-state index contributed by atoms with van der Waals surface area (Å²) < 4.78 is 6.12. The van der Waals surface area contributed by atoms with Crippen molar-refractivity contribution in [2.75, 3.05) is 0 Å². The van der Waals surface area contributed by atoms with E-state index in [1.165, 1.54) is 24.0 Å². The van der Waals surface area contributed by atoms with Crippen LogP contribution >= 0.6 is 0 Å². The third-order valence-electron chi connectivity index (χ3n) is 3.72. The topological polar surface area (TPSA) is 9.23 Å². The van der Waals surface area contributed by atoms with Gasteiger partial charge < -0.3 is 4.74 Å². The molecule has 0 unspecified atom stereocenters. The lowest BCUT2D eigenvalue weighted by molar-refractivity contribution is 0.0357. The Balaban J connectivity index is 1.84. The average molecular weight is 294 g/mol. The normalized spacial score (nSPS) is 12.6. The van der Waals surface area contributed by atoms with Gasteiger partial charge in [0.05, 0.1) is 12.7 Å². The Morgan fingerprint density at radius 1 is 0.955 bits per heavy atom. The first-order valence-electron chi connectivity index (χ1n) is 8.25. The maximum atomic E-state index is 6.12. The minimum absolute atomic E-state index is 0.306. The molecule has 2 aromatic rings. The quantitative estimate of drug-likeness (QED) is 0.562. The van der Waals surface area contributed by atoms with Crippen LogP contribution in [0.1, 0.15) is 43.7 Å². The fourth-order valence-corrected chi connectivity index (χ4v) is 2.41. The van der Waals surface area contributed by atoms with Gasteiger partial charge in [0, 0.05) is 0 Å². The molecule has 1 nitrogen and oxygen atoms in total. The largest absolute Gasteiger partial charge is 0.373 e. The molecule has 116 valence electrons. The van der Waals surface area contributed by atoms with Crippen molar-refractivity contribution in [3.05, 3.63) is 77.9 Å². The molecule has 0 aliphatic rings. The number of hydrogen-bond acceptors (Lipinski definition) is 1. The van der Waals surface area contributed by atoms with Crippen LogP contribution in [-0.2, 0) is 11.3 Å². The highest BCUT2D eigenvalue weighted by Gasteiger charge is 2.07. The molecule has 0 spiro atoms. The molecule has 0 aromatic heterocycles. The number of unbranched alkanes of at least 4 members (excludes halogenated alkanes) is 1. The van der Waals surface area contributed by atoms with Crippen LogP contribution in [-0.4, -0.2) is 6.10 Å². The van der Waals surface area contributed by atoms with E-state index < -0.39 is 0 Å². The molecule has 0 fully saturated rings. The molecule has 0 heterocycles. The molecular formula is C21H26O. The van der Waals surface area contributed by atoms with Crippen LogP contribution in [0.5, 0.6) is 0 Å². The average Bonchev–Trinajstić information content (AvgIpc) is 2.58. The van der Waals surface area contributed by atoms with Gasteiger partial charge in [0.1, 0.15) is 0 Å². The molecule has 0 aliphatic carbocycles. The van der Waals surface area contributed by atoms with Gasteiger partial charge >= 0.3 is 0 Å².